The number of carbonyl (C=O) groups is 1. The predicted molar refractivity (Wildman–Crippen MR) is 81.3 cm³/mol. The van der Waals surface area contributed by atoms with Gasteiger partial charge in [0.25, 0.3) is 0 Å². The Bertz CT molecular complexity index is 797. The number of rotatable bonds is 5. The zero-order chi connectivity index (χ0) is 17.0. The third kappa shape index (κ3) is 3.75. The van der Waals surface area contributed by atoms with E-state index in [-0.39, 0.29) is 27.7 Å². The normalized spacial score (nSPS) is 10.9. The van der Waals surface area contributed by atoms with E-state index in [1.807, 2.05) is 0 Å². The molecule has 2 aromatic rings. The monoisotopic (exact) mass is 337 g/mol. The summed E-state index contributed by atoms with van der Waals surface area (Å²) in [6.45, 7) is 1.37. The van der Waals surface area contributed by atoms with E-state index >= 15 is 0 Å². The molecule has 1 heterocycles. The number of nitrogens with zero attached hydrogens (tertiary/aromatic N) is 2. The van der Waals surface area contributed by atoms with Gasteiger partial charge in [-0.1, -0.05) is 0 Å². The van der Waals surface area contributed by atoms with Crippen molar-refractivity contribution in [1.82, 2.24) is 9.97 Å². The summed E-state index contributed by atoms with van der Waals surface area (Å²) in [5, 5.41) is 2.32. The highest BCUT2D eigenvalue weighted by atomic mass is 32.2. The van der Waals surface area contributed by atoms with Gasteiger partial charge in [-0.25, -0.2) is 8.42 Å². The number of methoxy groups -OCH3 is 2. The zero-order valence-corrected chi connectivity index (χ0v) is 13.5. The van der Waals surface area contributed by atoms with E-state index < -0.39 is 9.84 Å². The van der Waals surface area contributed by atoms with Crippen LogP contribution >= 0.6 is 0 Å². The molecule has 122 valence electrons. The molecule has 1 aromatic heterocycles. The van der Waals surface area contributed by atoms with Gasteiger partial charge in [-0.2, -0.15) is 9.97 Å². The number of anilines is 1. The molecule has 0 atom stereocenters. The van der Waals surface area contributed by atoms with E-state index in [1.165, 1.54) is 51.5 Å². The first kappa shape index (κ1) is 16.7. The second-order valence-corrected chi connectivity index (χ2v) is 6.34. The zero-order valence-electron chi connectivity index (χ0n) is 12.7. The summed E-state index contributed by atoms with van der Waals surface area (Å²) < 4.78 is 35.1. The van der Waals surface area contributed by atoms with Crippen LogP contribution in [0.3, 0.4) is 0 Å². The molecule has 1 aromatic carbocycles. The Hall–Kier alpha value is -2.68. The molecule has 0 saturated heterocycles. The maximum Gasteiger partial charge on any atom is 0.320 e. The Morgan fingerprint density at radius 1 is 1.09 bits per heavy atom. The number of benzene rings is 1. The predicted octanol–water partition coefficient (Wildman–Crippen LogP) is 1.28. The number of hydrogen-bond acceptors (Lipinski definition) is 7. The van der Waals surface area contributed by atoms with E-state index in [1.54, 1.807) is 0 Å². The van der Waals surface area contributed by atoms with Gasteiger partial charge in [-0.3, -0.25) is 4.79 Å². The lowest BCUT2D eigenvalue weighted by Crippen LogP contribution is -2.08. The minimum Gasteiger partial charge on any atom is -0.481 e. The third-order valence-corrected chi connectivity index (χ3v) is 4.46. The van der Waals surface area contributed by atoms with E-state index in [2.05, 4.69) is 15.3 Å². The molecule has 1 amide bonds. The highest BCUT2D eigenvalue weighted by molar-refractivity contribution is 7.91. The highest BCUT2D eigenvalue weighted by Gasteiger charge is 2.22. The van der Waals surface area contributed by atoms with Gasteiger partial charge in [0.1, 0.15) is 0 Å². The van der Waals surface area contributed by atoms with Crippen molar-refractivity contribution in [3.63, 3.8) is 0 Å². The van der Waals surface area contributed by atoms with Gasteiger partial charge in [-0.15, -0.1) is 0 Å². The van der Waals surface area contributed by atoms with Crippen LogP contribution in [-0.2, 0) is 14.6 Å². The van der Waals surface area contributed by atoms with E-state index in [0.29, 0.717) is 5.69 Å². The Morgan fingerprint density at radius 3 is 2.26 bits per heavy atom. The average molecular weight is 337 g/mol. The van der Waals surface area contributed by atoms with Gasteiger partial charge in [-0.05, 0) is 24.3 Å². The van der Waals surface area contributed by atoms with Crippen LogP contribution in [0.25, 0.3) is 0 Å². The van der Waals surface area contributed by atoms with E-state index in [9.17, 15) is 13.2 Å². The SMILES string of the molecule is COc1cc(S(=O)(=O)c2ccc(NC(C)=O)cc2)nc(OC)n1. The number of aromatic nitrogens is 2. The molecular formula is C14H15N3O5S. The molecular weight excluding hydrogens is 322 g/mol. The largest absolute Gasteiger partial charge is 0.481 e. The standard InChI is InChI=1S/C14H15N3O5S/c1-9(18)15-10-4-6-11(7-5-10)23(19,20)13-8-12(21-2)16-14(17-13)22-3/h4-8H,1-3H3,(H,15,18). The Labute approximate surface area is 133 Å². The van der Waals surface area contributed by atoms with Crippen molar-refractivity contribution in [3.05, 3.63) is 30.3 Å². The Morgan fingerprint density at radius 2 is 1.74 bits per heavy atom. The van der Waals surface area contributed by atoms with Gasteiger partial charge in [0.15, 0.2) is 5.03 Å². The van der Waals surface area contributed by atoms with Crippen molar-refractivity contribution in [2.45, 2.75) is 16.8 Å². The molecule has 0 spiro atoms. The topological polar surface area (TPSA) is 107 Å². The maximum absolute atomic E-state index is 12.6. The van der Waals surface area contributed by atoms with Crippen LogP contribution in [0.4, 0.5) is 5.69 Å². The van der Waals surface area contributed by atoms with Crippen molar-refractivity contribution in [2.75, 3.05) is 19.5 Å². The van der Waals surface area contributed by atoms with Gasteiger partial charge in [0.05, 0.1) is 19.1 Å². The van der Waals surface area contributed by atoms with Crippen LogP contribution in [0, 0.1) is 0 Å². The summed E-state index contributed by atoms with van der Waals surface area (Å²) >= 11 is 0. The van der Waals surface area contributed by atoms with Gasteiger partial charge in [0, 0.05) is 18.7 Å². The van der Waals surface area contributed by atoms with Crippen molar-refractivity contribution in [2.24, 2.45) is 0 Å². The van der Waals surface area contributed by atoms with Crippen molar-refractivity contribution >= 4 is 21.4 Å². The first-order valence-electron chi connectivity index (χ1n) is 6.46. The van der Waals surface area contributed by atoms with Gasteiger partial charge < -0.3 is 14.8 Å². The molecule has 23 heavy (non-hydrogen) atoms. The fourth-order valence-electron chi connectivity index (χ4n) is 1.76. The summed E-state index contributed by atoms with van der Waals surface area (Å²) in [6.07, 6.45) is 0. The number of hydrogen-bond donors (Lipinski definition) is 1. The molecule has 8 nitrogen and oxygen atoms in total. The Kier molecular flexibility index (Phi) is 4.80. The lowest BCUT2D eigenvalue weighted by atomic mass is 10.3. The first-order chi connectivity index (χ1) is 10.9. The summed E-state index contributed by atoms with van der Waals surface area (Å²) in [5.41, 5.74) is 0.495. The average Bonchev–Trinajstić information content (AvgIpc) is 2.54. The van der Waals surface area contributed by atoms with Gasteiger partial charge >= 0.3 is 6.01 Å². The number of nitrogens with one attached hydrogen (secondary N) is 1. The molecule has 9 heteroatoms. The quantitative estimate of drug-likeness (QED) is 0.819. The molecule has 2 rings (SSSR count). The van der Waals surface area contributed by atoms with Crippen LogP contribution in [-0.4, -0.2) is 38.5 Å². The maximum atomic E-state index is 12.6. The minimum atomic E-state index is -3.87. The Balaban J connectivity index is 2.43. The molecule has 0 aliphatic rings. The summed E-state index contributed by atoms with van der Waals surface area (Å²) in [6, 6.07) is 6.83. The smallest absolute Gasteiger partial charge is 0.320 e. The molecule has 0 bridgehead atoms. The summed E-state index contributed by atoms with van der Waals surface area (Å²) in [5.74, 6) is -0.170. The van der Waals surface area contributed by atoms with E-state index in [0.717, 1.165) is 0 Å². The fourth-order valence-corrected chi connectivity index (χ4v) is 2.95. The lowest BCUT2D eigenvalue weighted by molar-refractivity contribution is -0.114. The summed E-state index contributed by atoms with van der Waals surface area (Å²) in [4.78, 5) is 18.7. The minimum absolute atomic E-state index is 0.0226. The number of carbonyl (C=O) groups excluding carboxylic acids is 1. The van der Waals surface area contributed by atoms with Crippen molar-refractivity contribution in [3.8, 4) is 11.9 Å². The van der Waals surface area contributed by atoms with Crippen LogP contribution in [0.1, 0.15) is 6.92 Å². The van der Waals surface area contributed by atoms with E-state index in [4.69, 9.17) is 9.47 Å². The number of ether oxygens (including phenoxy) is 2. The number of amides is 1. The molecule has 0 aliphatic carbocycles. The van der Waals surface area contributed by atoms with Crippen molar-refractivity contribution < 1.29 is 22.7 Å². The van der Waals surface area contributed by atoms with Crippen LogP contribution in [0.2, 0.25) is 0 Å². The number of sulfone groups is 1. The molecule has 0 radical (unpaired) electrons. The van der Waals surface area contributed by atoms with Crippen LogP contribution in [0.15, 0.2) is 40.3 Å². The molecule has 0 aliphatic heterocycles. The molecule has 1 N–H and O–H groups in total. The molecule has 0 saturated carbocycles. The second-order valence-electron chi connectivity index (χ2n) is 4.44. The fraction of sp³-hybridized carbons (Fsp3) is 0.214. The highest BCUT2D eigenvalue weighted by Crippen LogP contribution is 2.24. The lowest BCUT2D eigenvalue weighted by Gasteiger charge is -2.08. The molecule has 0 unspecified atom stereocenters. The summed E-state index contributed by atoms with van der Waals surface area (Å²) in [7, 11) is -1.18. The van der Waals surface area contributed by atoms with Gasteiger partial charge in [0.2, 0.25) is 21.6 Å². The third-order valence-electron chi connectivity index (χ3n) is 2.81. The van der Waals surface area contributed by atoms with Crippen molar-refractivity contribution in [1.29, 1.82) is 0 Å². The van der Waals surface area contributed by atoms with Crippen LogP contribution < -0.4 is 14.8 Å². The van der Waals surface area contributed by atoms with Crippen LogP contribution in [0.5, 0.6) is 11.9 Å². The second kappa shape index (κ2) is 6.61. The molecule has 0 fully saturated rings. The first-order valence-corrected chi connectivity index (χ1v) is 7.95.